The number of carbonyl (C=O) groups is 1. The maximum atomic E-state index is 11.3. The van der Waals surface area contributed by atoms with E-state index in [1.807, 2.05) is 53.1 Å². The maximum Gasteiger partial charge on any atom is 0.268 e. The first-order valence-corrected chi connectivity index (χ1v) is 9.74. The van der Waals surface area contributed by atoms with Crippen LogP contribution in [0.5, 0.6) is 5.75 Å². The third-order valence-corrected chi connectivity index (χ3v) is 4.79. The zero-order valence-corrected chi connectivity index (χ0v) is 16.7. The van der Waals surface area contributed by atoms with E-state index in [1.165, 1.54) is 5.56 Å². The molecule has 0 unspecified atom stereocenters. The van der Waals surface area contributed by atoms with E-state index < -0.39 is 5.91 Å². The summed E-state index contributed by atoms with van der Waals surface area (Å²) in [4.78, 5) is 15.4. The quantitative estimate of drug-likeness (QED) is 0.540. The lowest BCUT2D eigenvalue weighted by atomic mass is 10.0. The maximum absolute atomic E-state index is 11.3. The second-order valence-corrected chi connectivity index (χ2v) is 6.94. The van der Waals surface area contributed by atoms with E-state index in [0.29, 0.717) is 13.2 Å². The van der Waals surface area contributed by atoms with Crippen LogP contribution >= 0.6 is 0 Å². The molecule has 0 aliphatic carbocycles. The lowest BCUT2D eigenvalue weighted by Crippen LogP contribution is -2.20. The average Bonchev–Trinajstić information content (AvgIpc) is 3.22. The van der Waals surface area contributed by atoms with Crippen LogP contribution in [0.25, 0.3) is 0 Å². The molecule has 3 rings (SSSR count). The molecule has 3 aromatic rings. The fourth-order valence-corrected chi connectivity index (χ4v) is 3.27. The van der Waals surface area contributed by atoms with Gasteiger partial charge in [0, 0.05) is 12.7 Å². The van der Waals surface area contributed by atoms with E-state index in [9.17, 15) is 4.79 Å². The van der Waals surface area contributed by atoms with Crippen LogP contribution in [0.4, 0.5) is 0 Å². The van der Waals surface area contributed by atoms with Crippen LogP contribution in [-0.4, -0.2) is 28.7 Å². The number of primary amides is 1. The SMILES string of the molecule is COc1ccccc1CCC[C@@H](Cn1cnc(C(N)=O)c1)OCc1ccccc1. The van der Waals surface area contributed by atoms with Gasteiger partial charge in [0.2, 0.25) is 0 Å². The minimum atomic E-state index is -0.526. The van der Waals surface area contributed by atoms with Crippen molar-refractivity contribution in [2.24, 2.45) is 5.73 Å². The number of nitrogens with zero attached hydrogens (tertiary/aromatic N) is 2. The van der Waals surface area contributed by atoms with Crippen molar-refractivity contribution < 1.29 is 14.3 Å². The summed E-state index contributed by atoms with van der Waals surface area (Å²) in [6.07, 6.45) is 6.01. The van der Waals surface area contributed by atoms with E-state index in [4.69, 9.17) is 15.2 Å². The van der Waals surface area contributed by atoms with Crippen molar-refractivity contribution in [1.82, 2.24) is 9.55 Å². The molecule has 1 atom stereocenters. The molecule has 2 N–H and O–H groups in total. The highest BCUT2D eigenvalue weighted by molar-refractivity contribution is 5.90. The Morgan fingerprint density at radius 1 is 1.14 bits per heavy atom. The summed E-state index contributed by atoms with van der Waals surface area (Å²) in [7, 11) is 1.69. The van der Waals surface area contributed by atoms with E-state index in [1.54, 1.807) is 19.6 Å². The smallest absolute Gasteiger partial charge is 0.268 e. The largest absolute Gasteiger partial charge is 0.496 e. The number of hydrogen-bond donors (Lipinski definition) is 1. The predicted molar refractivity (Wildman–Crippen MR) is 112 cm³/mol. The lowest BCUT2D eigenvalue weighted by Gasteiger charge is -2.19. The number of ether oxygens (including phenoxy) is 2. The normalized spacial score (nSPS) is 11.9. The fraction of sp³-hybridized carbons (Fsp3) is 0.304. The van der Waals surface area contributed by atoms with Crippen LogP contribution in [0.1, 0.15) is 34.5 Å². The molecule has 1 aromatic heterocycles. The van der Waals surface area contributed by atoms with E-state index in [-0.39, 0.29) is 11.8 Å². The molecule has 0 aliphatic rings. The first-order chi connectivity index (χ1) is 14.2. The molecule has 0 saturated heterocycles. The Bertz CT molecular complexity index is 908. The summed E-state index contributed by atoms with van der Waals surface area (Å²) in [6.45, 7) is 1.15. The highest BCUT2D eigenvalue weighted by Crippen LogP contribution is 2.21. The summed E-state index contributed by atoms with van der Waals surface area (Å²) in [6, 6.07) is 18.2. The molecular formula is C23H27N3O3. The first kappa shape index (κ1) is 20.6. The Labute approximate surface area is 171 Å². The van der Waals surface area contributed by atoms with Crippen molar-refractivity contribution in [3.8, 4) is 5.75 Å². The first-order valence-electron chi connectivity index (χ1n) is 9.74. The number of hydrogen-bond acceptors (Lipinski definition) is 4. The zero-order chi connectivity index (χ0) is 20.5. The monoisotopic (exact) mass is 393 g/mol. The minimum absolute atomic E-state index is 0.0140. The molecular weight excluding hydrogens is 366 g/mol. The summed E-state index contributed by atoms with van der Waals surface area (Å²) >= 11 is 0. The summed E-state index contributed by atoms with van der Waals surface area (Å²) in [5.41, 5.74) is 7.89. The summed E-state index contributed by atoms with van der Waals surface area (Å²) in [5.74, 6) is 0.386. The number of benzene rings is 2. The van der Waals surface area contributed by atoms with Crippen LogP contribution in [0.3, 0.4) is 0 Å². The number of para-hydroxylation sites is 1. The number of carbonyl (C=O) groups excluding carboxylic acids is 1. The highest BCUT2D eigenvalue weighted by Gasteiger charge is 2.13. The van der Waals surface area contributed by atoms with Gasteiger partial charge < -0.3 is 19.8 Å². The van der Waals surface area contributed by atoms with Gasteiger partial charge in [-0.2, -0.15) is 0 Å². The highest BCUT2D eigenvalue weighted by atomic mass is 16.5. The van der Waals surface area contributed by atoms with Gasteiger partial charge in [0.15, 0.2) is 0 Å². The van der Waals surface area contributed by atoms with Gasteiger partial charge in [-0.1, -0.05) is 48.5 Å². The number of methoxy groups -OCH3 is 1. The third-order valence-electron chi connectivity index (χ3n) is 4.79. The van der Waals surface area contributed by atoms with E-state index in [2.05, 4.69) is 11.1 Å². The molecule has 0 spiro atoms. The summed E-state index contributed by atoms with van der Waals surface area (Å²) in [5, 5.41) is 0. The van der Waals surface area contributed by atoms with Crippen molar-refractivity contribution in [1.29, 1.82) is 0 Å². The number of nitrogens with two attached hydrogens (primary N) is 1. The van der Waals surface area contributed by atoms with Crippen molar-refractivity contribution in [3.05, 3.63) is 83.9 Å². The van der Waals surface area contributed by atoms with Crippen molar-refractivity contribution in [2.45, 2.75) is 38.5 Å². The molecule has 0 bridgehead atoms. The van der Waals surface area contributed by atoms with Crippen LogP contribution in [0.15, 0.2) is 67.1 Å². The Morgan fingerprint density at radius 2 is 1.90 bits per heavy atom. The molecule has 29 heavy (non-hydrogen) atoms. The topological polar surface area (TPSA) is 79.4 Å². The zero-order valence-electron chi connectivity index (χ0n) is 16.7. The van der Waals surface area contributed by atoms with Gasteiger partial charge in [-0.3, -0.25) is 4.79 Å². The molecule has 0 saturated carbocycles. The van der Waals surface area contributed by atoms with Gasteiger partial charge >= 0.3 is 0 Å². The Balaban J connectivity index is 1.61. The number of amides is 1. The molecule has 2 aromatic carbocycles. The van der Waals surface area contributed by atoms with E-state index in [0.717, 1.165) is 30.6 Å². The molecule has 1 amide bonds. The molecule has 152 valence electrons. The van der Waals surface area contributed by atoms with Gasteiger partial charge in [0.1, 0.15) is 11.4 Å². The third kappa shape index (κ3) is 6.19. The Hall–Kier alpha value is -3.12. The van der Waals surface area contributed by atoms with Gasteiger partial charge in [-0.15, -0.1) is 0 Å². The Kier molecular flexibility index (Phi) is 7.41. The molecule has 0 radical (unpaired) electrons. The molecule has 6 heteroatoms. The van der Waals surface area contributed by atoms with E-state index >= 15 is 0 Å². The predicted octanol–water partition coefficient (Wildman–Crippen LogP) is 3.60. The van der Waals surface area contributed by atoms with Crippen molar-refractivity contribution in [2.75, 3.05) is 7.11 Å². The van der Waals surface area contributed by atoms with Gasteiger partial charge in [-0.05, 0) is 36.5 Å². The van der Waals surface area contributed by atoms with Crippen LogP contribution in [0, 0.1) is 0 Å². The second-order valence-electron chi connectivity index (χ2n) is 6.94. The summed E-state index contributed by atoms with van der Waals surface area (Å²) < 4.78 is 13.5. The minimum Gasteiger partial charge on any atom is -0.496 e. The second kappa shape index (κ2) is 10.4. The van der Waals surface area contributed by atoms with Crippen LogP contribution in [0.2, 0.25) is 0 Å². The molecule has 6 nitrogen and oxygen atoms in total. The molecule has 0 aliphatic heterocycles. The van der Waals surface area contributed by atoms with Crippen LogP contribution in [-0.2, 0) is 24.3 Å². The molecule has 0 fully saturated rings. The van der Waals surface area contributed by atoms with Crippen LogP contribution < -0.4 is 10.5 Å². The average molecular weight is 393 g/mol. The lowest BCUT2D eigenvalue weighted by molar-refractivity contribution is 0.0225. The standard InChI is InChI=1S/C23H27N3O3/c1-28-22-13-6-5-10-19(22)11-7-12-20(29-16-18-8-3-2-4-9-18)14-26-15-21(23(24)27)25-17-26/h2-6,8-10,13,15,17,20H,7,11-12,14,16H2,1H3,(H2,24,27)/t20-/m0/s1. The fourth-order valence-electron chi connectivity index (χ4n) is 3.27. The van der Waals surface area contributed by atoms with Gasteiger partial charge in [-0.25, -0.2) is 4.98 Å². The number of aromatic nitrogens is 2. The number of imidazole rings is 1. The van der Waals surface area contributed by atoms with Gasteiger partial charge in [0.05, 0.1) is 26.1 Å². The van der Waals surface area contributed by atoms with Gasteiger partial charge in [0.25, 0.3) is 5.91 Å². The Morgan fingerprint density at radius 3 is 2.62 bits per heavy atom. The number of rotatable bonds is 11. The van der Waals surface area contributed by atoms with Crippen molar-refractivity contribution >= 4 is 5.91 Å². The van der Waals surface area contributed by atoms with Crippen molar-refractivity contribution in [3.63, 3.8) is 0 Å². The molecule has 1 heterocycles. The number of aryl methyl sites for hydroxylation is 1.